The van der Waals surface area contributed by atoms with Crippen molar-refractivity contribution in [3.63, 3.8) is 0 Å². The number of phenols is 1. The number of hydrogen-bond acceptors (Lipinski definition) is 9. The van der Waals surface area contributed by atoms with Crippen molar-refractivity contribution in [1.29, 1.82) is 0 Å². The Morgan fingerprint density at radius 1 is 0.667 bits per heavy atom. The number of benzene rings is 1. The SMILES string of the molecule is NC(CC(=O)O)C(=O)NC(CCC(=O)O)C(=O)NC(Cc1ccc(O)cc1)C(=O)NC(CCC(=O)O)C(=O)O. The average Bonchev–Trinajstić information content (AvgIpc) is 2.83. The molecule has 0 aromatic heterocycles. The van der Waals surface area contributed by atoms with Gasteiger partial charge < -0.3 is 47.2 Å². The largest absolute Gasteiger partial charge is 0.508 e. The highest BCUT2D eigenvalue weighted by molar-refractivity contribution is 5.95. The monoisotopic (exact) mass is 554 g/mol. The molecule has 0 saturated carbocycles. The third-order valence-electron chi connectivity index (χ3n) is 5.28. The predicted octanol–water partition coefficient (Wildman–Crippen LogP) is -1.99. The summed E-state index contributed by atoms with van der Waals surface area (Å²) < 4.78 is 0. The van der Waals surface area contributed by atoms with Crippen molar-refractivity contribution in [2.24, 2.45) is 5.73 Å². The van der Waals surface area contributed by atoms with Crippen molar-refractivity contribution in [2.45, 2.75) is 62.7 Å². The van der Waals surface area contributed by atoms with Crippen LogP contribution in [0.4, 0.5) is 0 Å². The molecule has 16 heteroatoms. The molecule has 1 aromatic carbocycles. The summed E-state index contributed by atoms with van der Waals surface area (Å²) in [6.45, 7) is 0. The first-order valence-electron chi connectivity index (χ1n) is 11.5. The van der Waals surface area contributed by atoms with Crippen LogP contribution in [0.3, 0.4) is 0 Å². The molecule has 10 N–H and O–H groups in total. The van der Waals surface area contributed by atoms with Crippen LogP contribution in [0.15, 0.2) is 24.3 Å². The van der Waals surface area contributed by atoms with Gasteiger partial charge in [0.25, 0.3) is 0 Å². The van der Waals surface area contributed by atoms with Gasteiger partial charge in [-0.05, 0) is 30.5 Å². The van der Waals surface area contributed by atoms with Gasteiger partial charge in [-0.3, -0.25) is 28.8 Å². The molecule has 0 spiro atoms. The molecule has 0 heterocycles. The molecule has 0 aliphatic heterocycles. The molecule has 0 radical (unpaired) electrons. The Hall–Kier alpha value is -4.73. The summed E-state index contributed by atoms with van der Waals surface area (Å²) in [5.41, 5.74) is 5.90. The van der Waals surface area contributed by atoms with Crippen LogP contribution < -0.4 is 21.7 Å². The lowest BCUT2D eigenvalue weighted by molar-refractivity contribution is -0.143. The van der Waals surface area contributed by atoms with Gasteiger partial charge in [0.05, 0.1) is 12.5 Å². The Kier molecular flexibility index (Phi) is 12.8. The number of hydrogen-bond donors (Lipinski definition) is 9. The van der Waals surface area contributed by atoms with Gasteiger partial charge in [0, 0.05) is 19.3 Å². The molecule has 0 fully saturated rings. The van der Waals surface area contributed by atoms with Crippen LogP contribution in [-0.4, -0.2) is 91.3 Å². The average molecular weight is 555 g/mol. The van der Waals surface area contributed by atoms with Crippen LogP contribution in [-0.2, 0) is 40.0 Å². The molecular formula is C23H30N4O12. The zero-order valence-corrected chi connectivity index (χ0v) is 20.5. The molecule has 0 aliphatic carbocycles. The summed E-state index contributed by atoms with van der Waals surface area (Å²) >= 11 is 0. The summed E-state index contributed by atoms with van der Waals surface area (Å²) in [7, 11) is 0. The van der Waals surface area contributed by atoms with Crippen LogP contribution >= 0.6 is 0 Å². The van der Waals surface area contributed by atoms with Gasteiger partial charge in [0.15, 0.2) is 0 Å². The molecule has 214 valence electrons. The van der Waals surface area contributed by atoms with Gasteiger partial charge in [0.1, 0.15) is 23.9 Å². The number of nitrogens with one attached hydrogen (secondary N) is 3. The second-order valence-corrected chi connectivity index (χ2v) is 8.46. The summed E-state index contributed by atoms with van der Waals surface area (Å²) in [5.74, 6) is -8.80. The van der Waals surface area contributed by atoms with Crippen molar-refractivity contribution in [3.05, 3.63) is 29.8 Å². The van der Waals surface area contributed by atoms with E-state index in [1.807, 2.05) is 0 Å². The number of carboxylic acid groups (broad SMARTS) is 4. The lowest BCUT2D eigenvalue weighted by Gasteiger charge is -2.25. The maximum absolute atomic E-state index is 13.0. The number of carbonyl (C=O) groups is 7. The Morgan fingerprint density at radius 3 is 1.62 bits per heavy atom. The maximum atomic E-state index is 13.0. The first-order chi connectivity index (χ1) is 18.2. The molecule has 3 amide bonds. The maximum Gasteiger partial charge on any atom is 0.326 e. The van der Waals surface area contributed by atoms with Crippen molar-refractivity contribution in [3.8, 4) is 5.75 Å². The number of amides is 3. The van der Waals surface area contributed by atoms with E-state index in [1.165, 1.54) is 24.3 Å². The number of aliphatic carboxylic acids is 4. The van der Waals surface area contributed by atoms with E-state index in [9.17, 15) is 43.8 Å². The highest BCUT2D eigenvalue weighted by Crippen LogP contribution is 2.12. The molecule has 1 aromatic rings. The van der Waals surface area contributed by atoms with Crippen molar-refractivity contribution in [2.75, 3.05) is 0 Å². The minimum Gasteiger partial charge on any atom is -0.508 e. The third-order valence-corrected chi connectivity index (χ3v) is 5.28. The topological polar surface area (TPSA) is 283 Å². The molecule has 16 nitrogen and oxygen atoms in total. The van der Waals surface area contributed by atoms with Gasteiger partial charge >= 0.3 is 23.9 Å². The minimum atomic E-state index is -1.62. The second kappa shape index (κ2) is 15.5. The number of nitrogens with two attached hydrogens (primary N) is 1. The van der Waals surface area contributed by atoms with Gasteiger partial charge in [-0.1, -0.05) is 12.1 Å². The first kappa shape index (κ1) is 32.3. The molecule has 0 saturated heterocycles. The Labute approximate surface area is 221 Å². The summed E-state index contributed by atoms with van der Waals surface area (Å²) in [6, 6.07) is -0.840. The van der Waals surface area contributed by atoms with Crippen LogP contribution in [0.5, 0.6) is 5.75 Å². The number of phenolic OH excluding ortho intramolecular Hbond substituents is 1. The highest BCUT2D eigenvalue weighted by Gasteiger charge is 2.31. The smallest absolute Gasteiger partial charge is 0.326 e. The fourth-order valence-corrected chi connectivity index (χ4v) is 3.24. The first-order valence-corrected chi connectivity index (χ1v) is 11.5. The number of carbonyl (C=O) groups excluding carboxylic acids is 3. The van der Waals surface area contributed by atoms with Crippen molar-refractivity contribution >= 4 is 41.6 Å². The van der Waals surface area contributed by atoms with Crippen molar-refractivity contribution in [1.82, 2.24) is 16.0 Å². The summed E-state index contributed by atoms with van der Waals surface area (Å²) in [6.07, 6.45) is -3.13. The van der Waals surface area contributed by atoms with Gasteiger partial charge in [-0.25, -0.2) is 4.79 Å². The number of aromatic hydroxyl groups is 1. The Morgan fingerprint density at radius 2 is 1.13 bits per heavy atom. The van der Waals surface area contributed by atoms with E-state index < -0.39 is 97.9 Å². The Balaban J connectivity index is 3.19. The highest BCUT2D eigenvalue weighted by atomic mass is 16.4. The summed E-state index contributed by atoms with van der Waals surface area (Å²) in [4.78, 5) is 82.6. The standard InChI is InChI=1S/C23H30N4O12/c24-13(10-19(33)34)20(35)25-14(5-7-17(29)30)21(36)27-16(9-11-1-3-12(28)4-2-11)22(37)26-15(23(38)39)6-8-18(31)32/h1-4,13-16,28H,5-10,24H2,(H,25,35)(H,26,37)(H,27,36)(H,29,30)(H,31,32)(H,33,34)(H,38,39). The molecule has 0 aliphatic rings. The van der Waals surface area contributed by atoms with E-state index in [0.717, 1.165) is 0 Å². The van der Waals surface area contributed by atoms with E-state index in [4.69, 9.17) is 21.1 Å². The van der Waals surface area contributed by atoms with Crippen LogP contribution in [0.1, 0.15) is 37.7 Å². The molecule has 4 unspecified atom stereocenters. The third kappa shape index (κ3) is 12.4. The minimum absolute atomic E-state index is 0.0995. The van der Waals surface area contributed by atoms with Crippen LogP contribution in [0.25, 0.3) is 0 Å². The Bertz CT molecular complexity index is 1080. The molecular weight excluding hydrogens is 524 g/mol. The molecule has 4 atom stereocenters. The van der Waals surface area contributed by atoms with Crippen LogP contribution in [0.2, 0.25) is 0 Å². The molecule has 39 heavy (non-hydrogen) atoms. The quantitative estimate of drug-likeness (QED) is 0.101. The van der Waals surface area contributed by atoms with Crippen molar-refractivity contribution < 1.29 is 59.1 Å². The molecule has 1 rings (SSSR count). The molecule has 0 bridgehead atoms. The van der Waals surface area contributed by atoms with E-state index in [0.29, 0.717) is 5.56 Å². The van der Waals surface area contributed by atoms with Gasteiger partial charge in [-0.15, -0.1) is 0 Å². The lowest BCUT2D eigenvalue weighted by Crippen LogP contribution is -2.57. The fraction of sp³-hybridized carbons (Fsp3) is 0.435. The zero-order valence-electron chi connectivity index (χ0n) is 20.5. The van der Waals surface area contributed by atoms with E-state index in [2.05, 4.69) is 16.0 Å². The normalized spacial score (nSPS) is 13.7. The van der Waals surface area contributed by atoms with E-state index in [-0.39, 0.29) is 12.2 Å². The number of carboxylic acids is 4. The lowest BCUT2D eigenvalue weighted by atomic mass is 10.0. The van der Waals surface area contributed by atoms with Crippen LogP contribution in [0, 0.1) is 0 Å². The fourth-order valence-electron chi connectivity index (χ4n) is 3.24. The zero-order chi connectivity index (χ0) is 29.7. The van der Waals surface area contributed by atoms with E-state index >= 15 is 0 Å². The summed E-state index contributed by atoms with van der Waals surface area (Å²) in [5, 5.41) is 52.1. The van der Waals surface area contributed by atoms with Gasteiger partial charge in [0.2, 0.25) is 17.7 Å². The van der Waals surface area contributed by atoms with Gasteiger partial charge in [-0.2, -0.15) is 0 Å². The predicted molar refractivity (Wildman–Crippen MR) is 129 cm³/mol. The number of rotatable bonds is 17. The second-order valence-electron chi connectivity index (χ2n) is 8.46. The van der Waals surface area contributed by atoms with E-state index in [1.54, 1.807) is 0 Å².